The van der Waals surface area contributed by atoms with Gasteiger partial charge in [-0.3, -0.25) is 4.79 Å². The molecule has 1 unspecified atom stereocenters. The molecule has 0 fully saturated rings. The number of pyridine rings is 1. The standard InChI is InChI=1S/C24H25FN4O3/c1-15-5-3-4-6-22(15)32-14-20(30)13-26-12-17-11-21-16(2)28-29(23(21)27-24(17)31)19-9-7-18(25)8-10-19/h3-11,20,26,30H,12-14H2,1-2H3,(H,27,31). The Bertz CT molecular complexity index is 1280. The van der Waals surface area contributed by atoms with Crippen LogP contribution in [0.3, 0.4) is 0 Å². The molecule has 2 aromatic heterocycles. The van der Waals surface area contributed by atoms with Crippen LogP contribution in [0.15, 0.2) is 59.4 Å². The Balaban J connectivity index is 1.42. The Labute approximate surface area is 184 Å². The molecule has 0 aliphatic heterocycles. The lowest BCUT2D eigenvalue weighted by Gasteiger charge is -2.14. The summed E-state index contributed by atoms with van der Waals surface area (Å²) in [6.45, 7) is 4.51. The van der Waals surface area contributed by atoms with Gasteiger partial charge in [-0.25, -0.2) is 9.07 Å². The summed E-state index contributed by atoms with van der Waals surface area (Å²) in [5.41, 5.74) is 3.24. The van der Waals surface area contributed by atoms with Crippen molar-refractivity contribution in [1.82, 2.24) is 20.1 Å². The monoisotopic (exact) mass is 436 g/mol. The van der Waals surface area contributed by atoms with Crippen LogP contribution < -0.4 is 15.6 Å². The Morgan fingerprint density at radius 2 is 1.94 bits per heavy atom. The highest BCUT2D eigenvalue weighted by atomic mass is 19.1. The number of aliphatic hydroxyl groups excluding tert-OH is 1. The molecule has 4 aromatic rings. The maximum atomic E-state index is 13.2. The van der Waals surface area contributed by atoms with Gasteiger partial charge in [0.1, 0.15) is 29.9 Å². The number of nitrogens with one attached hydrogen (secondary N) is 2. The zero-order valence-corrected chi connectivity index (χ0v) is 17.9. The quantitative estimate of drug-likeness (QED) is 0.395. The minimum absolute atomic E-state index is 0.150. The molecule has 7 nitrogen and oxygen atoms in total. The second-order valence-electron chi connectivity index (χ2n) is 7.72. The molecule has 2 heterocycles. The molecule has 0 saturated heterocycles. The van der Waals surface area contributed by atoms with E-state index in [9.17, 15) is 14.3 Å². The number of halogens is 1. The van der Waals surface area contributed by atoms with E-state index in [4.69, 9.17) is 4.74 Å². The van der Waals surface area contributed by atoms with Crippen LogP contribution in [0.1, 0.15) is 16.8 Å². The summed E-state index contributed by atoms with van der Waals surface area (Å²) in [5.74, 6) is 0.400. The van der Waals surface area contributed by atoms with Gasteiger partial charge in [0, 0.05) is 24.0 Å². The first-order valence-corrected chi connectivity index (χ1v) is 10.4. The predicted octanol–water partition coefficient (Wildman–Crippen LogP) is 3.00. The molecular formula is C24H25FN4O3. The number of aliphatic hydroxyl groups is 1. The molecule has 166 valence electrons. The lowest BCUT2D eigenvalue weighted by atomic mass is 10.2. The second-order valence-corrected chi connectivity index (χ2v) is 7.72. The molecule has 0 aliphatic rings. The number of rotatable bonds is 8. The number of aryl methyl sites for hydroxylation is 2. The van der Waals surface area contributed by atoms with E-state index in [1.807, 2.05) is 38.1 Å². The van der Waals surface area contributed by atoms with Crippen molar-refractivity contribution in [2.24, 2.45) is 0 Å². The Hall–Kier alpha value is -3.49. The van der Waals surface area contributed by atoms with Gasteiger partial charge in [0.05, 0.1) is 11.4 Å². The van der Waals surface area contributed by atoms with Crippen molar-refractivity contribution in [2.75, 3.05) is 13.2 Å². The van der Waals surface area contributed by atoms with E-state index in [0.717, 1.165) is 22.4 Å². The minimum Gasteiger partial charge on any atom is -0.491 e. The lowest BCUT2D eigenvalue weighted by Crippen LogP contribution is -2.32. The third-order valence-corrected chi connectivity index (χ3v) is 5.24. The van der Waals surface area contributed by atoms with Gasteiger partial charge < -0.3 is 20.1 Å². The van der Waals surface area contributed by atoms with E-state index >= 15 is 0 Å². The van der Waals surface area contributed by atoms with Crippen LogP contribution in [-0.4, -0.2) is 39.1 Å². The number of aromatic amines is 1. The summed E-state index contributed by atoms with van der Waals surface area (Å²) in [7, 11) is 0. The van der Waals surface area contributed by atoms with E-state index in [1.54, 1.807) is 22.9 Å². The third kappa shape index (κ3) is 4.71. The summed E-state index contributed by atoms with van der Waals surface area (Å²) in [6, 6.07) is 15.3. The molecule has 0 saturated carbocycles. The van der Waals surface area contributed by atoms with Crippen LogP contribution in [0.25, 0.3) is 16.7 Å². The van der Waals surface area contributed by atoms with Crippen LogP contribution in [0.4, 0.5) is 4.39 Å². The zero-order valence-electron chi connectivity index (χ0n) is 17.9. The Morgan fingerprint density at radius 3 is 2.69 bits per heavy atom. The minimum atomic E-state index is -0.722. The van der Waals surface area contributed by atoms with E-state index in [-0.39, 0.29) is 31.1 Å². The largest absolute Gasteiger partial charge is 0.491 e. The third-order valence-electron chi connectivity index (χ3n) is 5.24. The number of benzene rings is 2. The van der Waals surface area contributed by atoms with E-state index in [1.165, 1.54) is 12.1 Å². The van der Waals surface area contributed by atoms with Gasteiger partial charge in [0.25, 0.3) is 5.56 Å². The van der Waals surface area contributed by atoms with Gasteiger partial charge in [-0.2, -0.15) is 5.10 Å². The molecule has 32 heavy (non-hydrogen) atoms. The number of hydrogen-bond donors (Lipinski definition) is 3. The fourth-order valence-electron chi connectivity index (χ4n) is 3.50. The first-order valence-electron chi connectivity index (χ1n) is 10.4. The Kier molecular flexibility index (Phi) is 6.34. The number of fused-ring (bicyclic) bond motifs is 1. The molecule has 0 spiro atoms. The van der Waals surface area contributed by atoms with Crippen molar-refractivity contribution < 1.29 is 14.2 Å². The normalized spacial score (nSPS) is 12.2. The number of ether oxygens (including phenoxy) is 1. The first-order chi connectivity index (χ1) is 15.4. The van der Waals surface area contributed by atoms with E-state index in [2.05, 4.69) is 15.4 Å². The van der Waals surface area contributed by atoms with Gasteiger partial charge >= 0.3 is 0 Å². The van der Waals surface area contributed by atoms with Crippen molar-refractivity contribution >= 4 is 11.0 Å². The van der Waals surface area contributed by atoms with Crippen molar-refractivity contribution in [3.05, 3.63) is 87.6 Å². The van der Waals surface area contributed by atoms with Crippen LogP contribution in [0.2, 0.25) is 0 Å². The predicted molar refractivity (Wildman–Crippen MR) is 121 cm³/mol. The maximum Gasteiger partial charge on any atom is 0.254 e. The highest BCUT2D eigenvalue weighted by Gasteiger charge is 2.14. The average molecular weight is 436 g/mol. The van der Waals surface area contributed by atoms with E-state index in [0.29, 0.717) is 16.9 Å². The average Bonchev–Trinajstić information content (AvgIpc) is 3.09. The number of aromatic nitrogens is 3. The highest BCUT2D eigenvalue weighted by molar-refractivity contribution is 5.80. The van der Waals surface area contributed by atoms with Crippen molar-refractivity contribution in [3.8, 4) is 11.4 Å². The molecular weight excluding hydrogens is 411 g/mol. The van der Waals surface area contributed by atoms with Crippen LogP contribution >= 0.6 is 0 Å². The molecule has 4 rings (SSSR count). The molecule has 3 N–H and O–H groups in total. The smallest absolute Gasteiger partial charge is 0.254 e. The molecule has 8 heteroatoms. The van der Waals surface area contributed by atoms with Gasteiger partial charge in [-0.05, 0) is 55.8 Å². The highest BCUT2D eigenvalue weighted by Crippen LogP contribution is 2.20. The Morgan fingerprint density at radius 1 is 1.19 bits per heavy atom. The fourth-order valence-corrected chi connectivity index (χ4v) is 3.50. The zero-order chi connectivity index (χ0) is 22.7. The molecule has 2 aromatic carbocycles. The number of nitrogens with zero attached hydrogens (tertiary/aromatic N) is 2. The topological polar surface area (TPSA) is 92.2 Å². The second kappa shape index (κ2) is 9.33. The lowest BCUT2D eigenvalue weighted by molar-refractivity contribution is 0.106. The number of para-hydroxylation sites is 1. The molecule has 0 radical (unpaired) electrons. The number of hydrogen-bond acceptors (Lipinski definition) is 5. The summed E-state index contributed by atoms with van der Waals surface area (Å²) < 4.78 is 20.5. The van der Waals surface area contributed by atoms with Gasteiger partial charge in [-0.15, -0.1) is 0 Å². The van der Waals surface area contributed by atoms with Gasteiger partial charge in [0.15, 0.2) is 0 Å². The van der Waals surface area contributed by atoms with Gasteiger partial charge in [0.2, 0.25) is 0 Å². The molecule has 0 bridgehead atoms. The molecule has 0 aliphatic carbocycles. The summed E-state index contributed by atoms with van der Waals surface area (Å²) >= 11 is 0. The van der Waals surface area contributed by atoms with Crippen LogP contribution in [0.5, 0.6) is 5.75 Å². The van der Waals surface area contributed by atoms with Crippen LogP contribution in [0, 0.1) is 19.7 Å². The maximum absolute atomic E-state index is 13.2. The fraction of sp³-hybridized carbons (Fsp3) is 0.250. The van der Waals surface area contributed by atoms with Crippen LogP contribution in [-0.2, 0) is 6.54 Å². The van der Waals surface area contributed by atoms with E-state index < -0.39 is 6.10 Å². The summed E-state index contributed by atoms with van der Waals surface area (Å²) in [4.78, 5) is 15.5. The number of H-pyrrole nitrogens is 1. The molecule has 1 atom stereocenters. The molecule has 0 amide bonds. The first kappa shape index (κ1) is 21.7. The van der Waals surface area contributed by atoms with Gasteiger partial charge in [-0.1, -0.05) is 18.2 Å². The van der Waals surface area contributed by atoms with Crippen molar-refractivity contribution in [3.63, 3.8) is 0 Å². The SMILES string of the molecule is Cc1ccccc1OCC(O)CNCc1cc2c(C)nn(-c3ccc(F)cc3)c2[nH]c1=O. The summed E-state index contributed by atoms with van der Waals surface area (Å²) in [5, 5.41) is 18.6. The van der Waals surface area contributed by atoms with Crippen molar-refractivity contribution in [1.29, 1.82) is 0 Å². The summed E-state index contributed by atoms with van der Waals surface area (Å²) in [6.07, 6.45) is -0.722. The van der Waals surface area contributed by atoms with Crippen molar-refractivity contribution in [2.45, 2.75) is 26.5 Å².